The summed E-state index contributed by atoms with van der Waals surface area (Å²) in [5.74, 6) is 0.884. The number of imidazole rings is 1. The monoisotopic (exact) mass is 837 g/mol. The molecule has 0 aliphatic rings. The summed E-state index contributed by atoms with van der Waals surface area (Å²) in [5.41, 5.74) is 6.78. The van der Waals surface area contributed by atoms with Crippen LogP contribution in [-0.4, -0.2) is 14.1 Å². The molecule has 5 nitrogen and oxygen atoms in total. The van der Waals surface area contributed by atoms with E-state index in [0.29, 0.717) is 34.0 Å². The van der Waals surface area contributed by atoms with Gasteiger partial charge in [0, 0.05) is 24.4 Å². The number of aromatic nitrogens is 4. The van der Waals surface area contributed by atoms with Crippen LogP contribution in [0, 0.1) is 12.2 Å². The lowest BCUT2D eigenvalue weighted by molar-refractivity contribution is -0.571. The maximum Gasteiger partial charge on any atom is 0.269 e. The average Bonchev–Trinajstić information content (AvgIpc) is 3.98. The summed E-state index contributed by atoms with van der Waals surface area (Å²) in [6.45, 7) is 6.01. The Morgan fingerprint density at radius 2 is 1.28 bits per heavy atom. The predicted molar refractivity (Wildman–Crippen MR) is 262 cm³/mol. The van der Waals surface area contributed by atoms with E-state index in [0.717, 1.165) is 38.5 Å². The van der Waals surface area contributed by atoms with E-state index in [9.17, 15) is 1.37 Å². The molecule has 64 heavy (non-hydrogen) atoms. The number of ether oxygens (including phenoxy) is 1. The topological polar surface area (TPSA) is 35.9 Å². The molecule has 11 rings (SSSR count). The fourth-order valence-corrected chi connectivity index (χ4v) is 8.44. The molecule has 11 aromatic rings. The molecule has 0 aliphatic carbocycles. The first-order valence-electron chi connectivity index (χ1n) is 26.6. The van der Waals surface area contributed by atoms with Gasteiger partial charge >= 0.3 is 0 Å². The van der Waals surface area contributed by atoms with Crippen LogP contribution in [0.3, 0.4) is 0 Å². The van der Waals surface area contributed by atoms with Crippen molar-refractivity contribution in [2.75, 3.05) is 0 Å². The summed E-state index contributed by atoms with van der Waals surface area (Å²) in [4.78, 5) is 4.87. The second kappa shape index (κ2) is 16.4. The van der Waals surface area contributed by atoms with Gasteiger partial charge in [-0.2, -0.15) is 0 Å². The number of hydrogen-bond acceptors (Lipinski definition) is 2. The van der Waals surface area contributed by atoms with Crippen LogP contribution in [0.5, 0.6) is 11.5 Å². The summed E-state index contributed by atoms with van der Waals surface area (Å²) in [6.07, 6.45) is 5.21. The zero-order valence-corrected chi connectivity index (χ0v) is 35.2. The Bertz CT molecular complexity index is 3990. The van der Waals surface area contributed by atoms with Gasteiger partial charge in [0.2, 0.25) is 0 Å². The van der Waals surface area contributed by atoms with Crippen LogP contribution >= 0.6 is 0 Å². The zero-order valence-electron chi connectivity index (χ0n) is 46.2. The largest absolute Gasteiger partial charge is 0.458 e. The Hall–Kier alpha value is -8.02. The number of nitrogens with zero attached hydrogens (tertiary/aromatic N) is 4. The molecule has 308 valence electrons. The number of rotatable bonds is 10. The fourth-order valence-electron chi connectivity index (χ4n) is 8.44. The van der Waals surface area contributed by atoms with Gasteiger partial charge in [0.15, 0.2) is 0 Å². The lowest BCUT2D eigenvalue weighted by Crippen LogP contribution is -2.31. The first-order chi connectivity index (χ1) is 36.0. The highest BCUT2D eigenvalue weighted by Gasteiger charge is 2.21. The van der Waals surface area contributed by atoms with E-state index < -0.39 is 66.3 Å². The number of para-hydroxylation sites is 3. The molecule has 3 heterocycles. The third-order valence-electron chi connectivity index (χ3n) is 11.8. The third-order valence-corrected chi connectivity index (χ3v) is 11.8. The molecule has 1 unspecified atom stereocenters. The van der Waals surface area contributed by atoms with Crippen molar-refractivity contribution < 1.29 is 24.4 Å². The van der Waals surface area contributed by atoms with Crippen molar-refractivity contribution in [3.8, 4) is 62.1 Å². The minimum atomic E-state index is -0.863. The van der Waals surface area contributed by atoms with E-state index >= 15 is 0 Å². The zero-order chi connectivity index (χ0) is 52.8. The quantitative estimate of drug-likeness (QED) is 0.102. The minimum Gasteiger partial charge on any atom is -0.458 e. The molecule has 0 saturated heterocycles. The molecule has 0 aliphatic heterocycles. The molecule has 8 aromatic carbocycles. The Kier molecular flexibility index (Phi) is 7.30. The molecule has 0 fully saturated rings. The third kappa shape index (κ3) is 7.01. The van der Waals surface area contributed by atoms with E-state index in [4.69, 9.17) is 23.4 Å². The van der Waals surface area contributed by atoms with Crippen LogP contribution in [0.4, 0.5) is 0 Å². The molecule has 0 spiro atoms. The molecule has 0 bridgehead atoms. The van der Waals surface area contributed by atoms with Crippen LogP contribution in [0.15, 0.2) is 212 Å². The van der Waals surface area contributed by atoms with E-state index in [2.05, 4.69) is 41.2 Å². The Balaban J connectivity index is 1.07. The van der Waals surface area contributed by atoms with Crippen LogP contribution in [-0.2, 0) is 0 Å². The van der Waals surface area contributed by atoms with Gasteiger partial charge in [-0.15, -0.1) is 0 Å². The van der Waals surface area contributed by atoms with Crippen LogP contribution in [0.2, 0.25) is 0 Å². The van der Waals surface area contributed by atoms with E-state index in [1.807, 2.05) is 118 Å². The van der Waals surface area contributed by atoms with Gasteiger partial charge in [0.1, 0.15) is 17.3 Å². The van der Waals surface area contributed by atoms with Gasteiger partial charge in [0.25, 0.3) is 6.33 Å². The predicted octanol–water partition coefficient (Wildman–Crippen LogP) is 14.8. The SMILES string of the molecule is [2H]c1c([2H])c([2H])c(-c2cccc(-c3c([2H])c([2H])c([2H])c([2H])c3[2H])c2-[n+]2[c-]n(-c3cccc(Oc4ccc5c6cc(-c7ccccc7)ccc6n(-c6cc(C([2H])(C)C(C)C)ccn6)c5c4)c3)c3ccccc32)c([2H])c1[2H]. The lowest BCUT2D eigenvalue weighted by Gasteiger charge is -2.17. The van der Waals surface area contributed by atoms with Gasteiger partial charge in [-0.05, 0) is 105 Å². The summed E-state index contributed by atoms with van der Waals surface area (Å²) < 4.78 is 109. The standard InChI is InChI=1S/C59H46N4O/c1-40(2)41(3)45-33-34-60-58(36-45)63-54-32-29-46(42-17-7-4-8-18-42)35-53(54)52-31-30-49(38-57(52)63)64-48-24-15-23-47(37-48)61-39-62(56-28-14-13-27-55(56)61)59-50(43-19-9-5-10-20-43)25-16-26-51(59)44-21-11-6-12-22-44/h4-38,40-41H,1-3H3/i5D,6D,9D,10D,11D,12D,19D,20D,21D,22D,41D. The second-order valence-corrected chi connectivity index (χ2v) is 15.9. The smallest absolute Gasteiger partial charge is 0.269 e. The minimum absolute atomic E-state index is 0.0454. The molecule has 5 heteroatoms. The van der Waals surface area contributed by atoms with E-state index in [1.165, 1.54) is 0 Å². The van der Waals surface area contributed by atoms with E-state index in [1.54, 1.807) is 33.5 Å². The van der Waals surface area contributed by atoms with Gasteiger partial charge in [-0.3, -0.25) is 13.7 Å². The number of benzene rings is 8. The van der Waals surface area contributed by atoms with Crippen LogP contribution < -0.4 is 9.30 Å². The lowest BCUT2D eigenvalue weighted by atomic mass is 9.91. The first-order valence-corrected chi connectivity index (χ1v) is 21.1. The Labute approximate surface area is 389 Å². The van der Waals surface area contributed by atoms with Crippen LogP contribution in [0.1, 0.15) is 47.3 Å². The highest BCUT2D eigenvalue weighted by Crippen LogP contribution is 2.39. The number of pyridine rings is 1. The van der Waals surface area contributed by atoms with E-state index in [-0.39, 0.29) is 33.9 Å². The summed E-state index contributed by atoms with van der Waals surface area (Å²) in [5, 5.41) is 2.01. The fraction of sp³-hybridized carbons (Fsp3) is 0.0847. The molecule has 1 atom stereocenters. The normalized spacial score (nSPS) is 15.0. The first kappa shape index (κ1) is 28.6. The van der Waals surface area contributed by atoms with Crippen molar-refractivity contribution in [2.45, 2.75) is 26.7 Å². The second-order valence-electron chi connectivity index (χ2n) is 15.9. The van der Waals surface area contributed by atoms with Crippen molar-refractivity contribution in [3.05, 3.63) is 224 Å². The molecule has 3 aromatic heterocycles. The number of fused-ring (bicyclic) bond motifs is 4. The van der Waals surface area contributed by atoms with Crippen molar-refractivity contribution in [1.29, 1.82) is 0 Å². The Morgan fingerprint density at radius 1 is 0.578 bits per heavy atom. The van der Waals surface area contributed by atoms with Crippen molar-refractivity contribution in [2.24, 2.45) is 5.92 Å². The molecule has 0 N–H and O–H groups in total. The molecule has 0 radical (unpaired) electrons. The highest BCUT2D eigenvalue weighted by atomic mass is 16.5. The molecular weight excluding hydrogens is 781 g/mol. The Morgan fingerprint density at radius 3 is 2.03 bits per heavy atom. The maximum absolute atomic E-state index is 9.26. The molecule has 0 saturated carbocycles. The average molecular weight is 838 g/mol. The van der Waals surface area contributed by atoms with Crippen molar-refractivity contribution >= 4 is 32.8 Å². The summed E-state index contributed by atoms with van der Waals surface area (Å²) in [7, 11) is 0. The molecule has 0 amide bonds. The number of hydrogen-bond donors (Lipinski definition) is 0. The summed E-state index contributed by atoms with van der Waals surface area (Å²) >= 11 is 0. The van der Waals surface area contributed by atoms with Gasteiger partial charge in [0.05, 0.1) is 47.1 Å². The maximum atomic E-state index is 9.26. The van der Waals surface area contributed by atoms with Crippen LogP contribution in [0.25, 0.3) is 83.4 Å². The van der Waals surface area contributed by atoms with Gasteiger partial charge in [-0.1, -0.05) is 166 Å². The van der Waals surface area contributed by atoms with Gasteiger partial charge in [-0.25, -0.2) is 4.98 Å². The van der Waals surface area contributed by atoms with Gasteiger partial charge < -0.3 is 4.74 Å². The van der Waals surface area contributed by atoms with Crippen molar-refractivity contribution in [3.63, 3.8) is 0 Å². The molecular formula is C59H46N4O. The van der Waals surface area contributed by atoms with Crippen molar-refractivity contribution in [1.82, 2.24) is 14.1 Å². The highest BCUT2D eigenvalue weighted by molar-refractivity contribution is 6.10. The summed E-state index contributed by atoms with van der Waals surface area (Å²) in [6, 6.07) is 40.8.